The predicted molar refractivity (Wildman–Crippen MR) is 141 cm³/mol. The van der Waals surface area contributed by atoms with E-state index < -0.39 is 0 Å². The highest BCUT2D eigenvalue weighted by Crippen LogP contribution is 2.55. The van der Waals surface area contributed by atoms with E-state index in [-0.39, 0.29) is 17.2 Å². The van der Waals surface area contributed by atoms with Crippen molar-refractivity contribution < 1.29 is 9.90 Å². The van der Waals surface area contributed by atoms with Gasteiger partial charge in [-0.3, -0.25) is 0 Å². The fraction of sp³-hybridized carbons (Fsp3) is 0.345. The molecule has 2 amide bonds. The molecule has 2 bridgehead atoms. The molecule has 2 aliphatic carbocycles. The Hall–Kier alpha value is -3.51. The summed E-state index contributed by atoms with van der Waals surface area (Å²) < 4.78 is 0. The molecular formula is C29H32N4O2. The molecule has 3 aromatic carbocycles. The molecular weight excluding hydrogens is 436 g/mol. The van der Waals surface area contributed by atoms with Gasteiger partial charge in [0.1, 0.15) is 5.75 Å². The second-order valence-corrected chi connectivity index (χ2v) is 10.2. The van der Waals surface area contributed by atoms with Crippen LogP contribution in [0.3, 0.4) is 0 Å². The number of rotatable bonds is 4. The van der Waals surface area contributed by atoms with Crippen LogP contribution in [0.25, 0.3) is 0 Å². The monoisotopic (exact) mass is 468 g/mol. The molecule has 180 valence electrons. The van der Waals surface area contributed by atoms with Crippen LogP contribution in [0.4, 0.5) is 27.5 Å². The van der Waals surface area contributed by atoms with Gasteiger partial charge in [-0.15, -0.1) is 0 Å². The van der Waals surface area contributed by atoms with Crippen LogP contribution in [0.15, 0.2) is 66.7 Å². The molecule has 1 heterocycles. The number of amides is 2. The number of para-hydroxylation sites is 3. The number of nitrogens with one attached hydrogen (secondary N) is 4. The first kappa shape index (κ1) is 22.0. The standard InChI is InChI=1S/C29H32N4O2/c34-27-18-22-19(16-25-21-10-6-7-13-29(21,22)14-15-30-25)17-26(27)32-23-11-4-5-12-24(23)33-28(35)31-20-8-2-1-3-9-20/h1-5,8-9,11-12,17-18,21,25,30,32,34H,6-7,10,13-16H2,(H2,31,33,35)/t21-,25+,29+/m0/s1. The molecule has 5 N–H and O–H groups in total. The lowest BCUT2D eigenvalue weighted by molar-refractivity contribution is 0.0796. The van der Waals surface area contributed by atoms with Crippen LogP contribution < -0.4 is 21.3 Å². The van der Waals surface area contributed by atoms with Crippen molar-refractivity contribution in [3.63, 3.8) is 0 Å². The fourth-order valence-electron chi connectivity index (χ4n) is 6.72. The molecule has 3 aliphatic rings. The van der Waals surface area contributed by atoms with Crippen molar-refractivity contribution in [1.29, 1.82) is 0 Å². The van der Waals surface area contributed by atoms with E-state index in [0.29, 0.717) is 23.3 Å². The van der Waals surface area contributed by atoms with E-state index in [1.807, 2.05) is 60.7 Å². The highest BCUT2D eigenvalue weighted by molar-refractivity contribution is 6.02. The van der Waals surface area contributed by atoms with Crippen molar-refractivity contribution in [3.05, 3.63) is 77.9 Å². The molecule has 35 heavy (non-hydrogen) atoms. The van der Waals surface area contributed by atoms with Gasteiger partial charge in [-0.2, -0.15) is 0 Å². The van der Waals surface area contributed by atoms with Crippen molar-refractivity contribution in [2.75, 3.05) is 22.5 Å². The molecule has 0 spiro atoms. The van der Waals surface area contributed by atoms with Crippen molar-refractivity contribution in [3.8, 4) is 5.75 Å². The number of hydrogen-bond donors (Lipinski definition) is 5. The van der Waals surface area contributed by atoms with Crippen molar-refractivity contribution in [1.82, 2.24) is 5.32 Å². The second kappa shape index (κ2) is 8.93. The van der Waals surface area contributed by atoms with E-state index in [0.717, 1.165) is 30.8 Å². The third kappa shape index (κ3) is 4.02. The van der Waals surface area contributed by atoms with Crippen LogP contribution in [-0.2, 0) is 11.8 Å². The molecule has 2 fully saturated rings. The molecule has 3 aromatic rings. The summed E-state index contributed by atoms with van der Waals surface area (Å²) in [5.74, 6) is 0.937. The lowest BCUT2D eigenvalue weighted by atomic mass is 9.53. The lowest BCUT2D eigenvalue weighted by Gasteiger charge is -2.56. The normalized spacial score (nSPS) is 24.6. The van der Waals surface area contributed by atoms with Gasteiger partial charge in [-0.1, -0.05) is 43.2 Å². The van der Waals surface area contributed by atoms with Crippen LogP contribution >= 0.6 is 0 Å². The van der Waals surface area contributed by atoms with E-state index in [2.05, 4.69) is 27.3 Å². The number of carbonyl (C=O) groups is 1. The van der Waals surface area contributed by atoms with E-state index in [9.17, 15) is 9.90 Å². The highest BCUT2D eigenvalue weighted by Gasteiger charge is 2.51. The fourth-order valence-corrected chi connectivity index (χ4v) is 6.72. The second-order valence-electron chi connectivity index (χ2n) is 10.2. The Morgan fingerprint density at radius 3 is 2.57 bits per heavy atom. The first-order valence-corrected chi connectivity index (χ1v) is 12.7. The van der Waals surface area contributed by atoms with Crippen LogP contribution in [0, 0.1) is 5.92 Å². The van der Waals surface area contributed by atoms with Gasteiger partial charge in [0.05, 0.1) is 17.1 Å². The molecule has 1 saturated heterocycles. The number of piperidine rings is 1. The minimum atomic E-state index is -0.318. The maximum Gasteiger partial charge on any atom is 0.323 e. The van der Waals surface area contributed by atoms with Crippen molar-refractivity contribution in [2.45, 2.75) is 50.0 Å². The summed E-state index contributed by atoms with van der Waals surface area (Å²) in [5.41, 5.74) is 5.65. The minimum absolute atomic E-state index is 0.201. The van der Waals surface area contributed by atoms with Gasteiger partial charge in [0, 0.05) is 17.1 Å². The zero-order chi connectivity index (χ0) is 23.8. The van der Waals surface area contributed by atoms with E-state index in [1.165, 1.54) is 36.8 Å². The molecule has 6 rings (SSSR count). The third-order valence-corrected chi connectivity index (χ3v) is 8.24. The largest absolute Gasteiger partial charge is 0.506 e. The predicted octanol–water partition coefficient (Wildman–Crippen LogP) is 6.13. The Kier molecular flexibility index (Phi) is 5.61. The number of fused-ring (bicyclic) bond motifs is 1. The van der Waals surface area contributed by atoms with Gasteiger partial charge < -0.3 is 26.4 Å². The molecule has 3 atom stereocenters. The van der Waals surface area contributed by atoms with Gasteiger partial charge in [0.25, 0.3) is 0 Å². The number of hydrogen-bond acceptors (Lipinski definition) is 4. The first-order chi connectivity index (χ1) is 17.1. The Bertz CT molecular complexity index is 1240. The molecule has 0 radical (unpaired) electrons. The van der Waals surface area contributed by atoms with E-state index >= 15 is 0 Å². The average Bonchev–Trinajstić information content (AvgIpc) is 2.87. The number of phenols is 1. The molecule has 1 saturated carbocycles. The SMILES string of the molecule is O=C(Nc1ccccc1)Nc1ccccc1Nc1cc2c(cc1O)[C@@]13CCCC[C@H]1[C@@H](C2)NCC3. The lowest BCUT2D eigenvalue weighted by Crippen LogP contribution is -2.59. The number of aromatic hydroxyl groups is 1. The molecule has 1 aliphatic heterocycles. The number of benzene rings is 3. The summed E-state index contributed by atoms with van der Waals surface area (Å²) in [6.45, 7) is 1.06. The zero-order valence-electron chi connectivity index (χ0n) is 19.8. The Balaban J connectivity index is 1.27. The average molecular weight is 469 g/mol. The number of urea groups is 1. The van der Waals surface area contributed by atoms with Crippen molar-refractivity contribution in [2.24, 2.45) is 5.92 Å². The summed E-state index contributed by atoms with van der Waals surface area (Å²) in [4.78, 5) is 12.6. The zero-order valence-corrected chi connectivity index (χ0v) is 19.8. The van der Waals surface area contributed by atoms with Crippen LogP contribution in [-0.4, -0.2) is 23.7 Å². The molecule has 6 nitrogen and oxygen atoms in total. The highest BCUT2D eigenvalue weighted by atomic mass is 16.3. The number of anilines is 4. The van der Waals surface area contributed by atoms with Gasteiger partial charge in [0.2, 0.25) is 0 Å². The molecule has 0 aromatic heterocycles. The van der Waals surface area contributed by atoms with E-state index in [4.69, 9.17) is 0 Å². The summed E-state index contributed by atoms with van der Waals surface area (Å²) in [6.07, 6.45) is 7.23. The first-order valence-electron chi connectivity index (χ1n) is 12.7. The summed E-state index contributed by atoms with van der Waals surface area (Å²) in [6, 6.07) is 21.2. The maximum absolute atomic E-state index is 12.6. The number of phenolic OH excluding ortho intramolecular Hbond substituents is 1. The van der Waals surface area contributed by atoms with Gasteiger partial charge >= 0.3 is 6.03 Å². The summed E-state index contributed by atoms with van der Waals surface area (Å²) in [7, 11) is 0. The smallest absolute Gasteiger partial charge is 0.323 e. The summed E-state index contributed by atoms with van der Waals surface area (Å²) in [5, 5.41) is 24.0. The van der Waals surface area contributed by atoms with Crippen LogP contribution in [0.1, 0.15) is 43.2 Å². The van der Waals surface area contributed by atoms with Gasteiger partial charge in [0.15, 0.2) is 0 Å². The van der Waals surface area contributed by atoms with E-state index in [1.54, 1.807) is 0 Å². The van der Waals surface area contributed by atoms with Gasteiger partial charge in [-0.25, -0.2) is 4.79 Å². The Morgan fingerprint density at radius 1 is 0.914 bits per heavy atom. The quantitative estimate of drug-likeness (QED) is 0.298. The Labute approximate surface area is 206 Å². The number of carbonyl (C=O) groups excluding carboxylic acids is 1. The van der Waals surface area contributed by atoms with Crippen molar-refractivity contribution >= 4 is 28.8 Å². The summed E-state index contributed by atoms with van der Waals surface area (Å²) >= 11 is 0. The van der Waals surface area contributed by atoms with Crippen LogP contribution in [0.2, 0.25) is 0 Å². The third-order valence-electron chi connectivity index (χ3n) is 8.24. The van der Waals surface area contributed by atoms with Crippen LogP contribution in [0.5, 0.6) is 5.75 Å². The van der Waals surface area contributed by atoms with Gasteiger partial charge in [-0.05, 0) is 85.7 Å². The molecule has 0 unspecified atom stereocenters. The molecule has 6 heteroatoms. The minimum Gasteiger partial charge on any atom is -0.506 e. The Morgan fingerprint density at radius 2 is 1.71 bits per heavy atom. The topological polar surface area (TPSA) is 85.4 Å². The maximum atomic E-state index is 12.6.